The monoisotopic (exact) mass is 179 g/mol. The van der Waals surface area contributed by atoms with Gasteiger partial charge in [0.1, 0.15) is 0 Å². The van der Waals surface area contributed by atoms with E-state index in [4.69, 9.17) is 4.42 Å². The molecule has 1 aromatic rings. The van der Waals surface area contributed by atoms with Crippen molar-refractivity contribution in [2.75, 3.05) is 6.54 Å². The number of nitrogens with one attached hydrogen (secondary N) is 1. The molecule has 1 heterocycles. The summed E-state index contributed by atoms with van der Waals surface area (Å²) < 4.78 is 5.05. The molecule has 1 aromatic heterocycles. The lowest BCUT2D eigenvalue weighted by Crippen LogP contribution is -2.20. The minimum absolute atomic E-state index is 0.348. The molecule has 0 radical (unpaired) electrons. The fourth-order valence-electron chi connectivity index (χ4n) is 1.38. The van der Waals surface area contributed by atoms with Crippen LogP contribution in [0.4, 0.5) is 0 Å². The van der Waals surface area contributed by atoms with Crippen LogP contribution in [-0.2, 0) is 0 Å². The second-order valence-corrected chi connectivity index (χ2v) is 3.33. The van der Waals surface area contributed by atoms with E-state index in [0.717, 1.165) is 13.0 Å². The van der Waals surface area contributed by atoms with Crippen LogP contribution >= 0.6 is 0 Å². The Morgan fingerprint density at radius 1 is 1.69 bits per heavy atom. The summed E-state index contributed by atoms with van der Waals surface area (Å²) in [4.78, 5) is 0. The van der Waals surface area contributed by atoms with Crippen molar-refractivity contribution in [3.8, 4) is 0 Å². The van der Waals surface area contributed by atoms with Gasteiger partial charge < -0.3 is 9.73 Å². The molecule has 1 unspecified atom stereocenters. The van der Waals surface area contributed by atoms with E-state index in [0.29, 0.717) is 6.04 Å². The molecule has 0 saturated carbocycles. The molecule has 0 aliphatic carbocycles. The van der Waals surface area contributed by atoms with E-state index < -0.39 is 0 Å². The SMILES string of the molecule is C=C(C)CC(NCC)c1ccoc1. The summed E-state index contributed by atoms with van der Waals surface area (Å²) in [5.41, 5.74) is 2.39. The van der Waals surface area contributed by atoms with Crippen LogP contribution in [0, 0.1) is 0 Å². The number of rotatable bonds is 5. The summed E-state index contributed by atoms with van der Waals surface area (Å²) in [7, 11) is 0. The highest BCUT2D eigenvalue weighted by Gasteiger charge is 2.10. The fraction of sp³-hybridized carbons (Fsp3) is 0.455. The van der Waals surface area contributed by atoms with Crippen LogP contribution in [-0.4, -0.2) is 6.54 Å². The van der Waals surface area contributed by atoms with E-state index in [1.807, 2.05) is 13.0 Å². The second kappa shape index (κ2) is 4.87. The molecule has 1 atom stereocenters. The van der Waals surface area contributed by atoms with Gasteiger partial charge in [-0.2, -0.15) is 0 Å². The van der Waals surface area contributed by atoms with Crippen molar-refractivity contribution >= 4 is 0 Å². The zero-order valence-corrected chi connectivity index (χ0v) is 8.34. The molecule has 13 heavy (non-hydrogen) atoms. The molecule has 1 rings (SSSR count). The Morgan fingerprint density at radius 2 is 2.46 bits per heavy atom. The highest BCUT2D eigenvalue weighted by molar-refractivity contribution is 5.14. The quantitative estimate of drug-likeness (QED) is 0.703. The van der Waals surface area contributed by atoms with Crippen LogP contribution in [0.3, 0.4) is 0 Å². The molecular weight excluding hydrogens is 162 g/mol. The van der Waals surface area contributed by atoms with Gasteiger partial charge in [-0.1, -0.05) is 12.5 Å². The average Bonchev–Trinajstić information content (AvgIpc) is 2.54. The Morgan fingerprint density at radius 3 is 2.92 bits per heavy atom. The van der Waals surface area contributed by atoms with Gasteiger partial charge in [0.15, 0.2) is 0 Å². The maximum atomic E-state index is 5.05. The zero-order chi connectivity index (χ0) is 9.68. The summed E-state index contributed by atoms with van der Waals surface area (Å²) in [6, 6.07) is 2.34. The molecule has 2 nitrogen and oxygen atoms in total. The van der Waals surface area contributed by atoms with Crippen molar-refractivity contribution in [2.24, 2.45) is 0 Å². The molecule has 72 valence electrons. The molecular formula is C11H17NO. The third kappa shape index (κ3) is 3.07. The molecule has 0 spiro atoms. The molecule has 0 saturated heterocycles. The van der Waals surface area contributed by atoms with Gasteiger partial charge in [-0.3, -0.25) is 0 Å². The lowest BCUT2D eigenvalue weighted by molar-refractivity contribution is 0.524. The smallest absolute Gasteiger partial charge is 0.0950 e. The minimum Gasteiger partial charge on any atom is -0.472 e. The number of hydrogen-bond acceptors (Lipinski definition) is 2. The first-order valence-corrected chi connectivity index (χ1v) is 4.64. The highest BCUT2D eigenvalue weighted by atomic mass is 16.3. The average molecular weight is 179 g/mol. The lowest BCUT2D eigenvalue weighted by atomic mass is 10.0. The fourth-order valence-corrected chi connectivity index (χ4v) is 1.38. The number of furan rings is 1. The molecule has 0 bridgehead atoms. The topological polar surface area (TPSA) is 25.2 Å². The molecule has 0 aromatic carbocycles. The zero-order valence-electron chi connectivity index (χ0n) is 8.34. The van der Waals surface area contributed by atoms with Gasteiger partial charge in [0.05, 0.1) is 12.5 Å². The second-order valence-electron chi connectivity index (χ2n) is 3.33. The van der Waals surface area contributed by atoms with Crippen molar-refractivity contribution in [3.05, 3.63) is 36.3 Å². The molecule has 0 aliphatic rings. The van der Waals surface area contributed by atoms with Gasteiger partial charge in [-0.25, -0.2) is 0 Å². The standard InChI is InChI=1S/C11H17NO/c1-4-12-11(7-9(2)3)10-5-6-13-8-10/h5-6,8,11-12H,2,4,7H2,1,3H3. The Balaban J connectivity index is 2.62. The van der Waals surface area contributed by atoms with Crippen LogP contribution in [0.5, 0.6) is 0 Å². The predicted octanol–water partition coefficient (Wildman–Crippen LogP) is 2.90. The van der Waals surface area contributed by atoms with Crippen molar-refractivity contribution in [1.82, 2.24) is 5.32 Å². The van der Waals surface area contributed by atoms with E-state index in [1.54, 1.807) is 12.5 Å². The van der Waals surface area contributed by atoms with Gasteiger partial charge in [0, 0.05) is 11.6 Å². The van der Waals surface area contributed by atoms with Crippen molar-refractivity contribution < 1.29 is 4.42 Å². The van der Waals surface area contributed by atoms with Crippen LogP contribution < -0.4 is 5.32 Å². The van der Waals surface area contributed by atoms with Gasteiger partial charge >= 0.3 is 0 Å². The Labute approximate surface area is 79.6 Å². The van der Waals surface area contributed by atoms with Crippen LogP contribution in [0.1, 0.15) is 31.9 Å². The Hall–Kier alpha value is -1.02. The van der Waals surface area contributed by atoms with E-state index in [1.165, 1.54) is 11.1 Å². The van der Waals surface area contributed by atoms with Crippen molar-refractivity contribution in [3.63, 3.8) is 0 Å². The van der Waals surface area contributed by atoms with Gasteiger partial charge in [0.25, 0.3) is 0 Å². The van der Waals surface area contributed by atoms with Crippen LogP contribution in [0.2, 0.25) is 0 Å². The summed E-state index contributed by atoms with van der Waals surface area (Å²) in [5, 5.41) is 3.40. The Bertz CT molecular complexity index is 251. The first-order chi connectivity index (χ1) is 6.24. The third-order valence-corrected chi connectivity index (χ3v) is 1.95. The summed E-state index contributed by atoms with van der Waals surface area (Å²) in [6.07, 6.45) is 4.46. The summed E-state index contributed by atoms with van der Waals surface area (Å²) >= 11 is 0. The largest absolute Gasteiger partial charge is 0.472 e. The Kier molecular flexibility index (Phi) is 3.77. The highest BCUT2D eigenvalue weighted by Crippen LogP contribution is 2.20. The van der Waals surface area contributed by atoms with Crippen LogP contribution in [0.15, 0.2) is 35.2 Å². The van der Waals surface area contributed by atoms with Gasteiger partial charge in [0.2, 0.25) is 0 Å². The molecule has 0 fully saturated rings. The first kappa shape index (κ1) is 10.1. The molecule has 1 N–H and O–H groups in total. The molecule has 0 aliphatic heterocycles. The number of hydrogen-bond donors (Lipinski definition) is 1. The molecule has 2 heteroatoms. The van der Waals surface area contributed by atoms with Gasteiger partial charge in [-0.05, 0) is 26.0 Å². The van der Waals surface area contributed by atoms with Gasteiger partial charge in [-0.15, -0.1) is 6.58 Å². The predicted molar refractivity (Wildman–Crippen MR) is 54.6 cm³/mol. The van der Waals surface area contributed by atoms with Crippen molar-refractivity contribution in [1.29, 1.82) is 0 Å². The third-order valence-electron chi connectivity index (χ3n) is 1.95. The first-order valence-electron chi connectivity index (χ1n) is 4.64. The van der Waals surface area contributed by atoms with E-state index in [2.05, 4.69) is 18.8 Å². The van der Waals surface area contributed by atoms with Crippen LogP contribution in [0.25, 0.3) is 0 Å². The molecule has 0 amide bonds. The van der Waals surface area contributed by atoms with E-state index >= 15 is 0 Å². The summed E-state index contributed by atoms with van der Waals surface area (Å²) in [5.74, 6) is 0. The maximum Gasteiger partial charge on any atom is 0.0950 e. The van der Waals surface area contributed by atoms with Crippen molar-refractivity contribution in [2.45, 2.75) is 26.3 Å². The minimum atomic E-state index is 0.348. The lowest BCUT2D eigenvalue weighted by Gasteiger charge is -2.15. The maximum absolute atomic E-state index is 5.05. The normalized spacial score (nSPS) is 12.8. The van der Waals surface area contributed by atoms with E-state index in [-0.39, 0.29) is 0 Å². The van der Waals surface area contributed by atoms with E-state index in [9.17, 15) is 0 Å². The summed E-state index contributed by atoms with van der Waals surface area (Å²) in [6.45, 7) is 9.03.